The van der Waals surface area contributed by atoms with Crippen LogP contribution in [0.15, 0.2) is 120 Å². The molecule has 0 radical (unpaired) electrons. The van der Waals surface area contributed by atoms with E-state index in [0.29, 0.717) is 11.1 Å². The fourth-order valence-corrected chi connectivity index (χ4v) is 16.4. The maximum Gasteiger partial charge on any atom is 0.0751 e. The molecule has 2 heteroatoms. The molecule has 0 saturated heterocycles. The van der Waals surface area contributed by atoms with Gasteiger partial charge in [-0.05, 0) is 111 Å². The zero-order valence-corrected chi connectivity index (χ0v) is 37.9. The van der Waals surface area contributed by atoms with E-state index >= 15 is 0 Å². The summed E-state index contributed by atoms with van der Waals surface area (Å²) < 4.78 is 0. The van der Waals surface area contributed by atoms with Gasteiger partial charge in [-0.15, -0.1) is 0 Å². The summed E-state index contributed by atoms with van der Waals surface area (Å²) >= 11 is 0. The average molecular weight is 770 g/mol. The molecular weight excluding hydrogens is 703 g/mol. The van der Waals surface area contributed by atoms with Gasteiger partial charge in [0.1, 0.15) is 0 Å². The second-order valence-electron chi connectivity index (χ2n) is 19.9. The number of hydrogen-bond acceptors (Lipinski definition) is 1. The molecule has 0 aromatic heterocycles. The number of anilines is 1. The Morgan fingerprint density at radius 3 is 1.39 bits per heavy atom. The third-order valence-electron chi connectivity index (χ3n) is 13.4. The normalized spacial score (nSPS) is 17.5. The first kappa shape index (κ1) is 40.8. The maximum absolute atomic E-state index is 2.78. The number of hydrogen-bond donors (Lipinski definition) is 0. The molecule has 2 atom stereocenters. The molecule has 7 rings (SSSR count). The summed E-state index contributed by atoms with van der Waals surface area (Å²) in [6.07, 6.45) is 11.4. The van der Waals surface area contributed by atoms with Crippen molar-refractivity contribution in [2.75, 3.05) is 19.0 Å². The lowest BCUT2D eigenvalue weighted by Crippen LogP contribution is -2.45. The zero-order chi connectivity index (χ0) is 40.7. The highest BCUT2D eigenvalue weighted by atomic mass is 28.3. The van der Waals surface area contributed by atoms with Gasteiger partial charge in [0.25, 0.3) is 0 Å². The summed E-state index contributed by atoms with van der Waals surface area (Å²) in [7, 11) is 2.12. The number of benzene rings is 5. The summed E-state index contributed by atoms with van der Waals surface area (Å²) in [6.45, 7) is 21.5. The van der Waals surface area contributed by atoms with E-state index < -0.39 is 8.07 Å². The van der Waals surface area contributed by atoms with Gasteiger partial charge in [0.05, 0.1) is 8.07 Å². The zero-order valence-electron chi connectivity index (χ0n) is 36.9. The Hall–Kier alpha value is -4.40. The van der Waals surface area contributed by atoms with Crippen LogP contribution in [-0.4, -0.2) is 22.2 Å². The molecule has 57 heavy (non-hydrogen) atoms. The second-order valence-corrected chi connectivity index (χ2v) is 24.6. The van der Waals surface area contributed by atoms with E-state index in [1.54, 1.807) is 22.3 Å². The van der Waals surface area contributed by atoms with E-state index in [1.165, 1.54) is 87.5 Å². The van der Waals surface area contributed by atoms with Crippen LogP contribution >= 0.6 is 0 Å². The van der Waals surface area contributed by atoms with Gasteiger partial charge < -0.3 is 4.90 Å². The summed E-state index contributed by atoms with van der Waals surface area (Å²) in [6, 6.07) is 43.6. The van der Waals surface area contributed by atoms with Gasteiger partial charge in [0, 0.05) is 30.9 Å². The van der Waals surface area contributed by atoms with E-state index in [-0.39, 0.29) is 10.8 Å². The fraction of sp³-hybridized carbons (Fsp3) is 0.382. The Kier molecular flexibility index (Phi) is 11.5. The lowest BCUT2D eigenvalue weighted by Gasteiger charge is -2.42. The summed E-state index contributed by atoms with van der Waals surface area (Å²) in [5.74, 6) is 0. The van der Waals surface area contributed by atoms with E-state index in [0.717, 1.165) is 6.42 Å². The maximum atomic E-state index is 2.78. The number of nitrogens with zero attached hydrogens (tertiary/aromatic N) is 1. The van der Waals surface area contributed by atoms with E-state index in [1.807, 2.05) is 0 Å². The van der Waals surface area contributed by atoms with Crippen LogP contribution in [0.25, 0.3) is 34.4 Å². The number of allylic oxidation sites excluding steroid dienone is 2. The van der Waals surface area contributed by atoms with Crippen LogP contribution in [0.3, 0.4) is 0 Å². The molecular formula is C55H67NSi. The topological polar surface area (TPSA) is 3.24 Å². The number of aryl methyl sites for hydroxylation is 1. The molecule has 0 N–H and O–H groups in total. The van der Waals surface area contributed by atoms with Crippen molar-refractivity contribution in [3.8, 4) is 22.3 Å². The largest absolute Gasteiger partial charge is 0.378 e. The smallest absolute Gasteiger partial charge is 0.0751 e. The summed E-state index contributed by atoms with van der Waals surface area (Å²) in [4.78, 5) is 2.18. The van der Waals surface area contributed by atoms with Crippen molar-refractivity contribution in [2.24, 2.45) is 0 Å². The Morgan fingerprint density at radius 1 is 0.526 bits per heavy atom. The van der Waals surface area contributed by atoms with Gasteiger partial charge in [-0.1, -0.05) is 194 Å². The van der Waals surface area contributed by atoms with Crippen LogP contribution in [-0.2, 0) is 17.3 Å². The van der Waals surface area contributed by atoms with Gasteiger partial charge in [0.2, 0.25) is 0 Å². The molecule has 5 aromatic carbocycles. The van der Waals surface area contributed by atoms with Crippen molar-refractivity contribution < 1.29 is 0 Å². The number of fused-ring (bicyclic) bond motifs is 2. The third kappa shape index (κ3) is 8.31. The van der Waals surface area contributed by atoms with Crippen molar-refractivity contribution in [2.45, 2.75) is 122 Å². The Balaban J connectivity index is 1.21. The molecule has 0 bridgehead atoms. The summed E-state index contributed by atoms with van der Waals surface area (Å²) in [5, 5.41) is 0. The van der Waals surface area contributed by atoms with Crippen LogP contribution in [0.4, 0.5) is 5.69 Å². The molecule has 2 aliphatic rings. The minimum Gasteiger partial charge on any atom is -0.378 e. The monoisotopic (exact) mass is 770 g/mol. The third-order valence-corrected chi connectivity index (χ3v) is 19.0. The molecule has 0 heterocycles. The number of rotatable bonds is 12. The molecule has 0 amide bonds. The van der Waals surface area contributed by atoms with Crippen LogP contribution in [0.2, 0.25) is 12.6 Å². The minimum absolute atomic E-state index is 0.141. The van der Waals surface area contributed by atoms with Crippen LogP contribution in [0.5, 0.6) is 0 Å². The molecule has 296 valence electrons. The first-order chi connectivity index (χ1) is 27.1. The van der Waals surface area contributed by atoms with Crippen LogP contribution in [0, 0.1) is 0 Å². The Bertz CT molecular complexity index is 2120. The molecule has 1 nitrogen and oxygen atoms in total. The number of unbranched alkanes of at least 4 members (excludes halogenated alkanes) is 3. The Morgan fingerprint density at radius 2 is 0.965 bits per heavy atom. The highest BCUT2D eigenvalue weighted by Crippen LogP contribution is 2.56. The van der Waals surface area contributed by atoms with Crippen molar-refractivity contribution in [1.29, 1.82) is 0 Å². The van der Waals surface area contributed by atoms with Gasteiger partial charge in [-0.2, -0.15) is 0 Å². The molecule has 2 aliphatic carbocycles. The first-order valence-corrected chi connectivity index (χ1v) is 24.5. The highest BCUT2D eigenvalue weighted by molar-refractivity contribution is 6.83. The average Bonchev–Trinajstić information content (AvgIpc) is 3.71. The van der Waals surface area contributed by atoms with E-state index in [4.69, 9.17) is 0 Å². The van der Waals surface area contributed by atoms with Crippen molar-refractivity contribution in [1.82, 2.24) is 0 Å². The van der Waals surface area contributed by atoms with Crippen molar-refractivity contribution >= 4 is 25.9 Å². The predicted octanol–water partition coefficient (Wildman–Crippen LogP) is 15.3. The lowest BCUT2D eigenvalue weighted by atomic mass is 9.86. The molecule has 2 unspecified atom stereocenters. The molecule has 5 aromatic rings. The first-order valence-electron chi connectivity index (χ1n) is 21.7. The van der Waals surface area contributed by atoms with Gasteiger partial charge in [-0.25, -0.2) is 0 Å². The van der Waals surface area contributed by atoms with E-state index in [2.05, 4.69) is 202 Å². The van der Waals surface area contributed by atoms with Crippen LogP contribution in [0.1, 0.15) is 131 Å². The SMILES string of the molecule is CC1=Cc2c(-c3ccc(C(C)(C)C)cc3)cccc2C1[Si](C)(CCCCCCc1ccc(N(C)C)cc1)C1C(C)=Cc2c(-c3ccc(C(C)(C)C)cc3)cccc21. The van der Waals surface area contributed by atoms with Crippen LogP contribution < -0.4 is 4.90 Å². The minimum atomic E-state index is -2.11. The van der Waals surface area contributed by atoms with Gasteiger partial charge in [-0.3, -0.25) is 0 Å². The Labute approximate surface area is 347 Å². The standard InChI is InChI=1S/C55H67NSi/c1-38-36-50-46(41-25-29-43(30-26-41)54(3,4)5)19-16-21-48(50)52(38)57(11,35-15-13-12-14-18-40-23-33-45(34-24-40)56(9)10)53-39(2)37-51-47(20-17-22-49(51)53)42-27-31-44(32-28-42)55(6,7)8/h16-17,19-34,36-37,52-53H,12-15,18,35H2,1-11H3. The molecule has 0 aliphatic heterocycles. The fourth-order valence-electron chi connectivity index (χ4n) is 10.3. The molecule has 0 fully saturated rings. The van der Waals surface area contributed by atoms with Gasteiger partial charge >= 0.3 is 0 Å². The quantitative estimate of drug-likeness (QED) is 0.0902. The summed E-state index contributed by atoms with van der Waals surface area (Å²) in [5.41, 5.74) is 21.3. The van der Waals surface area contributed by atoms with Gasteiger partial charge in [0.15, 0.2) is 0 Å². The highest BCUT2D eigenvalue weighted by Gasteiger charge is 2.49. The van der Waals surface area contributed by atoms with E-state index in [9.17, 15) is 0 Å². The molecule has 0 saturated carbocycles. The van der Waals surface area contributed by atoms with Crippen molar-refractivity contribution in [3.63, 3.8) is 0 Å². The lowest BCUT2D eigenvalue weighted by molar-refractivity contribution is 0.590. The predicted molar refractivity (Wildman–Crippen MR) is 253 cm³/mol. The molecule has 0 spiro atoms. The van der Waals surface area contributed by atoms with Crippen molar-refractivity contribution in [3.05, 3.63) is 159 Å². The second kappa shape index (κ2) is 16.1.